The third-order valence-corrected chi connectivity index (χ3v) is 7.76. The van der Waals surface area contributed by atoms with E-state index in [2.05, 4.69) is 5.32 Å². The van der Waals surface area contributed by atoms with Gasteiger partial charge in [-0.3, -0.25) is 14.4 Å². The lowest BCUT2D eigenvalue weighted by Gasteiger charge is -2.32. The largest absolute Gasteiger partial charge is 0.369 e. The fourth-order valence-corrected chi connectivity index (χ4v) is 5.41. The zero-order chi connectivity index (χ0) is 22.6. The van der Waals surface area contributed by atoms with E-state index >= 15 is 0 Å². The number of benzene rings is 1. The van der Waals surface area contributed by atoms with Crippen LogP contribution in [0.15, 0.2) is 24.3 Å². The van der Waals surface area contributed by atoms with Crippen molar-refractivity contribution >= 4 is 27.8 Å². The zero-order valence-corrected chi connectivity index (χ0v) is 18.4. The van der Waals surface area contributed by atoms with Crippen LogP contribution in [0.5, 0.6) is 0 Å². The van der Waals surface area contributed by atoms with E-state index in [1.165, 1.54) is 15.0 Å². The van der Waals surface area contributed by atoms with Crippen molar-refractivity contribution in [2.24, 2.45) is 11.7 Å². The molecule has 0 aliphatic carbocycles. The Hall–Kier alpha value is -2.30. The van der Waals surface area contributed by atoms with Crippen molar-refractivity contribution in [1.29, 1.82) is 0 Å². The summed E-state index contributed by atoms with van der Waals surface area (Å²) in [6.45, 7) is 2.22. The smallest absolute Gasteiger partial charge is 0.282 e. The summed E-state index contributed by atoms with van der Waals surface area (Å²) < 4.78 is 29.0. The molecule has 1 saturated heterocycles. The third-order valence-electron chi connectivity index (χ3n) is 5.83. The molecule has 2 amide bonds. The van der Waals surface area contributed by atoms with Gasteiger partial charge in [0.1, 0.15) is 0 Å². The van der Waals surface area contributed by atoms with Crippen molar-refractivity contribution in [2.75, 3.05) is 19.6 Å². The molecule has 2 aliphatic heterocycles. The van der Waals surface area contributed by atoms with Crippen LogP contribution < -0.4 is 11.1 Å². The summed E-state index contributed by atoms with van der Waals surface area (Å²) in [5, 5.41) is 2.64. The lowest BCUT2D eigenvalue weighted by atomic mass is 10.0. The van der Waals surface area contributed by atoms with Gasteiger partial charge in [0.25, 0.3) is 10.2 Å². The topological polar surface area (TPSA) is 130 Å². The van der Waals surface area contributed by atoms with E-state index in [1.54, 1.807) is 6.92 Å². The average molecular weight is 450 g/mol. The molecule has 3 N–H and O–H groups in total. The minimum atomic E-state index is -3.79. The maximum atomic E-state index is 13.2. The van der Waals surface area contributed by atoms with E-state index in [4.69, 9.17) is 5.73 Å². The lowest BCUT2D eigenvalue weighted by molar-refractivity contribution is -0.126. The van der Waals surface area contributed by atoms with Gasteiger partial charge in [0.15, 0.2) is 5.78 Å². The van der Waals surface area contributed by atoms with Gasteiger partial charge in [-0.25, -0.2) is 0 Å². The highest BCUT2D eigenvalue weighted by atomic mass is 32.2. The van der Waals surface area contributed by atoms with Crippen LogP contribution in [-0.2, 0) is 37.6 Å². The van der Waals surface area contributed by atoms with Crippen molar-refractivity contribution in [3.8, 4) is 0 Å². The molecule has 0 aromatic heterocycles. The summed E-state index contributed by atoms with van der Waals surface area (Å²) >= 11 is 0. The predicted octanol–water partition coefficient (Wildman–Crippen LogP) is 0.155. The quantitative estimate of drug-likeness (QED) is 0.612. The molecule has 10 heteroatoms. The Balaban J connectivity index is 1.59. The number of fused-ring (bicyclic) bond motifs is 1. The molecule has 2 atom stereocenters. The summed E-state index contributed by atoms with van der Waals surface area (Å²) in [6.07, 6.45) is 2.93. The van der Waals surface area contributed by atoms with E-state index < -0.39 is 34.0 Å². The van der Waals surface area contributed by atoms with Crippen molar-refractivity contribution in [3.63, 3.8) is 0 Å². The molecule has 1 fully saturated rings. The third kappa shape index (κ3) is 5.69. The number of Topliss-reactive ketones (excluding diaryl/α,β-unsaturated/α-hetero) is 1. The van der Waals surface area contributed by atoms with Gasteiger partial charge >= 0.3 is 0 Å². The van der Waals surface area contributed by atoms with Gasteiger partial charge in [-0.1, -0.05) is 31.2 Å². The van der Waals surface area contributed by atoms with Crippen LogP contribution in [0.3, 0.4) is 0 Å². The standard InChI is InChI=1S/C21H29N4O5S/c1-15(21(22)28)8-9-20(27)23-18-7-4-11-24(14-19(18)26)31(29,30)25-12-10-16-5-2-3-6-17(16)13-25/h2-3,5-6,9,15,18H,4,7-8,10-14H2,1H3,(H2,22,28)(H,23,27)/t15-,18-/m0/s1. The van der Waals surface area contributed by atoms with Gasteiger partial charge in [-0.2, -0.15) is 17.0 Å². The first-order valence-electron chi connectivity index (χ1n) is 10.5. The SMILES string of the molecule is C[C@@H](C[CH]C(=O)N[C@H]1CCCN(S(=O)(=O)N2CCc3ccccc3C2)CC1=O)C(N)=O. The molecular weight excluding hydrogens is 420 g/mol. The monoisotopic (exact) mass is 449 g/mol. The lowest BCUT2D eigenvalue weighted by Crippen LogP contribution is -2.49. The molecule has 1 radical (unpaired) electrons. The summed E-state index contributed by atoms with van der Waals surface area (Å²) in [5.74, 6) is -1.79. The van der Waals surface area contributed by atoms with Crippen LogP contribution >= 0.6 is 0 Å². The van der Waals surface area contributed by atoms with E-state index in [-0.39, 0.29) is 31.8 Å². The number of nitrogens with zero attached hydrogens (tertiary/aromatic N) is 2. The van der Waals surface area contributed by atoms with Crippen LogP contribution in [-0.4, -0.2) is 60.3 Å². The second kappa shape index (κ2) is 9.88. The van der Waals surface area contributed by atoms with E-state index in [0.29, 0.717) is 25.8 Å². The molecule has 3 rings (SSSR count). The number of nitrogens with one attached hydrogen (secondary N) is 1. The number of carbonyl (C=O) groups excluding carboxylic acids is 3. The van der Waals surface area contributed by atoms with Crippen LogP contribution in [0.4, 0.5) is 0 Å². The fraction of sp³-hybridized carbons (Fsp3) is 0.524. The van der Waals surface area contributed by atoms with Crippen molar-refractivity contribution < 1.29 is 22.8 Å². The number of amides is 2. The Morgan fingerprint density at radius 3 is 2.58 bits per heavy atom. The second-order valence-electron chi connectivity index (χ2n) is 8.11. The van der Waals surface area contributed by atoms with Gasteiger partial charge < -0.3 is 11.1 Å². The van der Waals surface area contributed by atoms with E-state index in [1.807, 2.05) is 24.3 Å². The first-order chi connectivity index (χ1) is 14.7. The Bertz CT molecular complexity index is 949. The number of primary amides is 1. The fourth-order valence-electron chi connectivity index (χ4n) is 3.81. The number of ketones is 1. The maximum absolute atomic E-state index is 13.2. The average Bonchev–Trinajstić information content (AvgIpc) is 2.93. The Kier molecular flexibility index (Phi) is 7.45. The molecule has 31 heavy (non-hydrogen) atoms. The van der Waals surface area contributed by atoms with Gasteiger partial charge in [-0.15, -0.1) is 0 Å². The van der Waals surface area contributed by atoms with Crippen LogP contribution in [0.1, 0.15) is 37.3 Å². The summed E-state index contributed by atoms with van der Waals surface area (Å²) in [7, 11) is -3.79. The zero-order valence-electron chi connectivity index (χ0n) is 17.6. The predicted molar refractivity (Wildman–Crippen MR) is 114 cm³/mol. The van der Waals surface area contributed by atoms with Crippen molar-refractivity contribution in [2.45, 2.75) is 45.2 Å². The molecule has 169 valence electrons. The Morgan fingerprint density at radius 2 is 1.87 bits per heavy atom. The summed E-state index contributed by atoms with van der Waals surface area (Å²) in [4.78, 5) is 35.9. The number of hydrogen-bond acceptors (Lipinski definition) is 5. The van der Waals surface area contributed by atoms with Crippen LogP contribution in [0.2, 0.25) is 0 Å². The highest BCUT2D eigenvalue weighted by molar-refractivity contribution is 7.86. The van der Waals surface area contributed by atoms with E-state index in [0.717, 1.165) is 11.1 Å². The molecule has 0 saturated carbocycles. The molecule has 0 spiro atoms. The van der Waals surface area contributed by atoms with E-state index in [9.17, 15) is 22.8 Å². The number of hydrogen-bond donors (Lipinski definition) is 2. The second-order valence-corrected chi connectivity index (χ2v) is 10.0. The first-order valence-corrected chi connectivity index (χ1v) is 11.9. The molecule has 2 heterocycles. The minimum absolute atomic E-state index is 0.180. The molecule has 9 nitrogen and oxygen atoms in total. The van der Waals surface area contributed by atoms with Crippen molar-refractivity contribution in [3.05, 3.63) is 41.8 Å². The molecular formula is C21H29N4O5S. The van der Waals surface area contributed by atoms with Crippen molar-refractivity contribution in [1.82, 2.24) is 13.9 Å². The van der Waals surface area contributed by atoms with Crippen LogP contribution in [0.25, 0.3) is 0 Å². The normalized spacial score (nSPS) is 21.7. The van der Waals surface area contributed by atoms with Gasteiger partial charge in [-0.05, 0) is 36.8 Å². The highest BCUT2D eigenvalue weighted by Gasteiger charge is 2.36. The van der Waals surface area contributed by atoms with Gasteiger partial charge in [0.2, 0.25) is 11.8 Å². The molecule has 1 aromatic carbocycles. The molecule has 0 unspecified atom stereocenters. The Morgan fingerprint density at radius 1 is 1.19 bits per heavy atom. The molecule has 2 aliphatic rings. The number of carbonyl (C=O) groups is 3. The minimum Gasteiger partial charge on any atom is -0.369 e. The summed E-state index contributed by atoms with van der Waals surface area (Å²) in [6, 6.07) is 7.00. The van der Waals surface area contributed by atoms with Gasteiger partial charge in [0.05, 0.1) is 19.0 Å². The summed E-state index contributed by atoms with van der Waals surface area (Å²) in [5.41, 5.74) is 7.30. The molecule has 1 aromatic rings. The van der Waals surface area contributed by atoms with Crippen LogP contribution in [0, 0.1) is 12.3 Å². The number of nitrogens with two attached hydrogens (primary N) is 1. The Labute approximate surface area is 183 Å². The molecule has 0 bridgehead atoms. The number of rotatable bonds is 7. The first kappa shape index (κ1) is 23.4. The highest BCUT2D eigenvalue weighted by Crippen LogP contribution is 2.24. The maximum Gasteiger partial charge on any atom is 0.282 e. The van der Waals surface area contributed by atoms with Gasteiger partial charge in [0, 0.05) is 25.6 Å².